The molecule has 2 N–H and O–H groups in total. The fraction of sp³-hybridized carbons (Fsp3) is 0.333. The van der Waals surface area contributed by atoms with Crippen molar-refractivity contribution in [2.75, 3.05) is 40.3 Å². The molecule has 2 aromatic carbocycles. The van der Waals surface area contributed by atoms with E-state index in [1.54, 1.807) is 24.3 Å². The first-order chi connectivity index (χ1) is 13.9. The molecule has 4 rings (SSSR count). The zero-order chi connectivity index (χ0) is 20.9. The summed E-state index contributed by atoms with van der Waals surface area (Å²) in [5, 5.41) is 0.796. The Morgan fingerprint density at radius 1 is 0.724 bits per heavy atom. The van der Waals surface area contributed by atoms with Gasteiger partial charge in [-0.05, 0) is 51.3 Å². The van der Waals surface area contributed by atoms with Gasteiger partial charge in [0.1, 0.15) is 0 Å². The Balaban J connectivity index is 1.87. The summed E-state index contributed by atoms with van der Waals surface area (Å²) in [6.07, 6.45) is 0.504. The van der Waals surface area contributed by atoms with Gasteiger partial charge in [-0.15, -0.1) is 0 Å². The molecule has 0 saturated carbocycles. The Bertz CT molecular complexity index is 1010. The molecule has 0 atom stereocenters. The topological polar surface area (TPSA) is 104 Å². The van der Waals surface area contributed by atoms with Gasteiger partial charge in [-0.25, -0.2) is 0 Å². The molecule has 0 saturated heterocycles. The molecule has 0 spiro atoms. The molecule has 8 nitrogen and oxygen atoms in total. The van der Waals surface area contributed by atoms with Crippen LogP contribution in [0.15, 0.2) is 24.3 Å². The zero-order valence-electron chi connectivity index (χ0n) is 16.4. The van der Waals surface area contributed by atoms with Gasteiger partial charge in [0.2, 0.25) is 0 Å². The van der Waals surface area contributed by atoms with E-state index in [1.165, 1.54) is 9.80 Å². The minimum absolute atomic E-state index is 0.231. The number of carbonyl (C=O) groups excluding carboxylic acids is 4. The molecule has 0 aliphatic carbocycles. The fourth-order valence-electron chi connectivity index (χ4n) is 3.93. The van der Waals surface area contributed by atoms with Crippen molar-refractivity contribution in [1.82, 2.24) is 14.7 Å². The smallest absolute Gasteiger partial charge is 0.261 e. The third kappa shape index (κ3) is 2.83. The van der Waals surface area contributed by atoms with Crippen molar-refractivity contribution in [3.8, 4) is 0 Å². The van der Waals surface area contributed by atoms with Crippen molar-refractivity contribution in [1.29, 1.82) is 0 Å². The van der Waals surface area contributed by atoms with Gasteiger partial charge in [-0.2, -0.15) is 0 Å². The Morgan fingerprint density at radius 2 is 1.10 bits per heavy atom. The van der Waals surface area contributed by atoms with Crippen LogP contribution in [0.2, 0.25) is 0 Å². The molecular formula is C21H22N4O4. The number of nitrogens with zero attached hydrogens (tertiary/aromatic N) is 3. The molecule has 8 heteroatoms. The molecule has 0 aromatic heterocycles. The quantitative estimate of drug-likeness (QED) is 0.732. The lowest BCUT2D eigenvalue weighted by atomic mass is 9.86. The largest absolute Gasteiger partial charge is 0.330 e. The van der Waals surface area contributed by atoms with E-state index in [0.717, 1.165) is 0 Å². The standard InChI is InChI=1S/C21H22N4O4/c1-23(2)10-11-25-20(28)14-6-4-12-16-13(5-7-15(17(14)16)21(25)29)19(27)24(18(12)26)9-3-8-22/h4-7H,3,8-11,22H2,1-2H3. The summed E-state index contributed by atoms with van der Waals surface area (Å²) in [5.74, 6) is -1.65. The van der Waals surface area contributed by atoms with Gasteiger partial charge in [0, 0.05) is 52.7 Å². The number of hydrogen-bond donors (Lipinski definition) is 1. The van der Waals surface area contributed by atoms with Crippen molar-refractivity contribution in [2.24, 2.45) is 5.73 Å². The van der Waals surface area contributed by atoms with Crippen LogP contribution >= 0.6 is 0 Å². The van der Waals surface area contributed by atoms with Crippen molar-refractivity contribution >= 4 is 34.4 Å². The molecule has 150 valence electrons. The summed E-state index contributed by atoms with van der Waals surface area (Å²) in [6.45, 7) is 1.40. The highest BCUT2D eigenvalue weighted by Gasteiger charge is 2.39. The summed E-state index contributed by atoms with van der Waals surface area (Å²) >= 11 is 0. The number of carbonyl (C=O) groups is 4. The first-order valence-corrected chi connectivity index (χ1v) is 9.53. The van der Waals surface area contributed by atoms with Crippen LogP contribution in [0.1, 0.15) is 47.9 Å². The molecular weight excluding hydrogens is 372 g/mol. The maximum absolute atomic E-state index is 13.0. The number of benzene rings is 2. The molecule has 2 aliphatic rings. The third-order valence-corrected chi connectivity index (χ3v) is 5.42. The second kappa shape index (κ2) is 7.06. The van der Waals surface area contributed by atoms with Crippen molar-refractivity contribution in [2.45, 2.75) is 6.42 Å². The highest BCUT2D eigenvalue weighted by atomic mass is 16.2. The van der Waals surface area contributed by atoms with Crippen LogP contribution in [0.3, 0.4) is 0 Å². The monoisotopic (exact) mass is 394 g/mol. The maximum atomic E-state index is 13.0. The van der Waals surface area contributed by atoms with Crippen LogP contribution in [-0.2, 0) is 0 Å². The van der Waals surface area contributed by atoms with Crippen LogP contribution in [0.25, 0.3) is 10.8 Å². The number of rotatable bonds is 6. The van der Waals surface area contributed by atoms with E-state index < -0.39 is 23.6 Å². The van der Waals surface area contributed by atoms with Crippen LogP contribution in [0.5, 0.6) is 0 Å². The number of likely N-dealkylation sites (N-methyl/N-ethyl adjacent to an activating group) is 1. The minimum atomic E-state index is -0.422. The van der Waals surface area contributed by atoms with Crippen molar-refractivity contribution in [3.05, 3.63) is 46.5 Å². The van der Waals surface area contributed by atoms with Gasteiger partial charge in [0.25, 0.3) is 23.6 Å². The van der Waals surface area contributed by atoms with Gasteiger partial charge in [-0.3, -0.25) is 29.0 Å². The summed E-state index contributed by atoms with van der Waals surface area (Å²) < 4.78 is 0. The molecule has 0 fully saturated rings. The van der Waals surface area contributed by atoms with E-state index in [0.29, 0.717) is 52.5 Å². The summed E-state index contributed by atoms with van der Waals surface area (Å²) in [4.78, 5) is 56.2. The van der Waals surface area contributed by atoms with E-state index in [9.17, 15) is 19.2 Å². The van der Waals surface area contributed by atoms with Crippen LogP contribution in [0, 0.1) is 0 Å². The summed E-state index contributed by atoms with van der Waals surface area (Å²) in [5.41, 5.74) is 6.88. The Hall–Kier alpha value is -3.10. The molecule has 2 heterocycles. The molecule has 4 amide bonds. The third-order valence-electron chi connectivity index (χ3n) is 5.42. The average molecular weight is 394 g/mol. The van der Waals surface area contributed by atoms with E-state index in [4.69, 9.17) is 5.73 Å². The van der Waals surface area contributed by atoms with Crippen LogP contribution in [-0.4, -0.2) is 78.6 Å². The molecule has 29 heavy (non-hydrogen) atoms. The summed E-state index contributed by atoms with van der Waals surface area (Å²) in [6, 6.07) is 6.31. The predicted octanol–water partition coefficient (Wildman–Crippen LogP) is 0.942. The molecule has 0 radical (unpaired) electrons. The predicted molar refractivity (Wildman–Crippen MR) is 107 cm³/mol. The summed E-state index contributed by atoms with van der Waals surface area (Å²) in [7, 11) is 3.73. The van der Waals surface area contributed by atoms with E-state index in [1.807, 2.05) is 19.0 Å². The van der Waals surface area contributed by atoms with Gasteiger partial charge in [-0.1, -0.05) is 0 Å². The van der Waals surface area contributed by atoms with Crippen LogP contribution in [0.4, 0.5) is 0 Å². The van der Waals surface area contributed by atoms with Crippen molar-refractivity contribution < 1.29 is 19.2 Å². The normalized spacial score (nSPS) is 15.9. The van der Waals surface area contributed by atoms with E-state index >= 15 is 0 Å². The highest BCUT2D eigenvalue weighted by molar-refractivity contribution is 6.33. The fourth-order valence-corrected chi connectivity index (χ4v) is 3.93. The van der Waals surface area contributed by atoms with E-state index in [-0.39, 0.29) is 13.1 Å². The number of imide groups is 2. The number of hydrogen-bond acceptors (Lipinski definition) is 6. The van der Waals surface area contributed by atoms with Crippen molar-refractivity contribution in [3.63, 3.8) is 0 Å². The van der Waals surface area contributed by atoms with Crippen LogP contribution < -0.4 is 5.73 Å². The number of amides is 4. The minimum Gasteiger partial charge on any atom is -0.330 e. The maximum Gasteiger partial charge on any atom is 0.261 e. The SMILES string of the molecule is CN(C)CCN1C(=O)c2ccc3c4c(ccc(c24)C1=O)C(=O)N(CCCN)C3=O. The Morgan fingerprint density at radius 3 is 1.45 bits per heavy atom. The first-order valence-electron chi connectivity index (χ1n) is 9.53. The average Bonchev–Trinajstić information content (AvgIpc) is 2.70. The zero-order valence-corrected chi connectivity index (χ0v) is 16.4. The van der Waals surface area contributed by atoms with Gasteiger partial charge < -0.3 is 10.6 Å². The highest BCUT2D eigenvalue weighted by Crippen LogP contribution is 2.37. The van der Waals surface area contributed by atoms with E-state index in [2.05, 4.69) is 0 Å². The molecule has 2 aromatic rings. The Kier molecular flexibility index (Phi) is 4.68. The van der Waals surface area contributed by atoms with Gasteiger partial charge in [0.05, 0.1) is 0 Å². The van der Waals surface area contributed by atoms with Gasteiger partial charge in [0.15, 0.2) is 0 Å². The lowest BCUT2D eigenvalue weighted by molar-refractivity contribution is 0.0583. The molecule has 0 unspecified atom stereocenters. The molecule has 2 aliphatic heterocycles. The second-order valence-electron chi connectivity index (χ2n) is 7.54. The lowest BCUT2D eigenvalue weighted by Gasteiger charge is -2.32. The molecule has 0 bridgehead atoms. The second-order valence-corrected chi connectivity index (χ2v) is 7.54. The first kappa shape index (κ1) is 19.2. The lowest BCUT2D eigenvalue weighted by Crippen LogP contribution is -2.45. The number of nitrogens with two attached hydrogens (primary N) is 1. The Labute approximate surface area is 167 Å². The van der Waals surface area contributed by atoms with Gasteiger partial charge >= 0.3 is 0 Å².